The summed E-state index contributed by atoms with van der Waals surface area (Å²) in [6.07, 6.45) is 0. The molecular weight excluding hydrogens is 218 g/mol. The molecule has 0 saturated heterocycles. The van der Waals surface area contributed by atoms with Crippen LogP contribution in [0.4, 0.5) is 0 Å². The molecule has 0 saturated carbocycles. The van der Waals surface area contributed by atoms with E-state index in [1.165, 1.54) is 0 Å². The average Bonchev–Trinajstić information content (AvgIpc) is 2.24. The molecule has 94 valence electrons. The van der Waals surface area contributed by atoms with Crippen molar-refractivity contribution in [3.63, 3.8) is 0 Å². The first-order valence-electron chi connectivity index (χ1n) is 5.48. The predicted octanol–water partition coefficient (Wildman–Crippen LogP) is 2.34. The molecule has 0 aliphatic carbocycles. The smallest absolute Gasteiger partial charge is 0.128 e. The molecular formula is C13H19NO3. The van der Waals surface area contributed by atoms with Crippen molar-refractivity contribution in [3.05, 3.63) is 29.3 Å². The second-order valence-corrected chi connectivity index (χ2v) is 4.79. The largest absolute Gasteiger partial charge is 0.490 e. The van der Waals surface area contributed by atoms with E-state index < -0.39 is 5.60 Å². The summed E-state index contributed by atoms with van der Waals surface area (Å²) in [7, 11) is 0. The molecule has 0 unspecified atom stereocenters. The highest BCUT2D eigenvalue weighted by Gasteiger charge is 2.15. The van der Waals surface area contributed by atoms with Gasteiger partial charge in [0.2, 0.25) is 0 Å². The van der Waals surface area contributed by atoms with E-state index in [-0.39, 0.29) is 6.61 Å². The van der Waals surface area contributed by atoms with Crippen LogP contribution in [0.5, 0.6) is 5.75 Å². The Labute approximate surface area is 102 Å². The van der Waals surface area contributed by atoms with Crippen LogP contribution in [0.25, 0.3) is 0 Å². The highest BCUT2D eigenvalue weighted by molar-refractivity contribution is 6.00. The maximum atomic E-state index is 9.63. The Morgan fingerprint density at radius 3 is 2.59 bits per heavy atom. The zero-order valence-electron chi connectivity index (χ0n) is 10.7. The van der Waals surface area contributed by atoms with Crippen molar-refractivity contribution in [2.24, 2.45) is 5.16 Å². The van der Waals surface area contributed by atoms with Crippen LogP contribution in [-0.2, 0) is 0 Å². The third-order valence-corrected chi connectivity index (χ3v) is 2.26. The highest BCUT2D eigenvalue weighted by atomic mass is 16.5. The number of hydrogen-bond acceptors (Lipinski definition) is 4. The van der Waals surface area contributed by atoms with Crippen LogP contribution in [0.2, 0.25) is 0 Å². The Balaban J connectivity index is 3.00. The molecule has 0 atom stereocenters. The summed E-state index contributed by atoms with van der Waals surface area (Å²) in [5.74, 6) is 0.613. The second kappa shape index (κ2) is 5.19. The quantitative estimate of drug-likeness (QED) is 0.480. The summed E-state index contributed by atoms with van der Waals surface area (Å²) < 4.78 is 5.56. The molecule has 0 spiro atoms. The van der Waals surface area contributed by atoms with Gasteiger partial charge in [0.05, 0.1) is 11.3 Å². The molecule has 0 fully saturated rings. The minimum Gasteiger partial charge on any atom is -0.490 e. The van der Waals surface area contributed by atoms with Crippen molar-refractivity contribution in [3.8, 4) is 5.75 Å². The maximum absolute atomic E-state index is 9.63. The zero-order chi connectivity index (χ0) is 13.1. The molecule has 4 nitrogen and oxygen atoms in total. The number of oxime groups is 1. The van der Waals surface area contributed by atoms with Gasteiger partial charge in [0.25, 0.3) is 0 Å². The molecule has 0 aromatic heterocycles. The zero-order valence-corrected chi connectivity index (χ0v) is 10.7. The lowest BCUT2D eigenvalue weighted by Crippen LogP contribution is -2.28. The minimum atomic E-state index is -0.898. The molecule has 17 heavy (non-hydrogen) atoms. The molecule has 0 bridgehead atoms. The Morgan fingerprint density at radius 1 is 1.41 bits per heavy atom. The van der Waals surface area contributed by atoms with E-state index in [1.54, 1.807) is 20.8 Å². The fraction of sp³-hybridized carbons (Fsp3) is 0.462. The summed E-state index contributed by atoms with van der Waals surface area (Å²) in [6, 6.07) is 5.61. The molecule has 1 aromatic carbocycles. The number of nitrogens with zero attached hydrogens (tertiary/aromatic N) is 1. The van der Waals surface area contributed by atoms with Gasteiger partial charge in [0.1, 0.15) is 12.4 Å². The lowest BCUT2D eigenvalue weighted by Gasteiger charge is -2.19. The second-order valence-electron chi connectivity index (χ2n) is 4.79. The van der Waals surface area contributed by atoms with Crippen molar-refractivity contribution in [2.75, 3.05) is 6.61 Å². The number of hydrogen-bond donors (Lipinski definition) is 2. The van der Waals surface area contributed by atoms with Gasteiger partial charge < -0.3 is 15.1 Å². The summed E-state index contributed by atoms with van der Waals surface area (Å²) in [4.78, 5) is 0. The molecule has 0 radical (unpaired) electrons. The van der Waals surface area contributed by atoms with Gasteiger partial charge in [-0.2, -0.15) is 0 Å². The monoisotopic (exact) mass is 237 g/mol. The van der Waals surface area contributed by atoms with E-state index in [4.69, 9.17) is 9.94 Å². The van der Waals surface area contributed by atoms with E-state index in [9.17, 15) is 5.11 Å². The number of benzene rings is 1. The maximum Gasteiger partial charge on any atom is 0.128 e. The fourth-order valence-electron chi connectivity index (χ4n) is 1.36. The van der Waals surface area contributed by atoms with Gasteiger partial charge in [-0.1, -0.05) is 11.2 Å². The molecule has 2 N–H and O–H groups in total. The van der Waals surface area contributed by atoms with Gasteiger partial charge in [-0.05, 0) is 45.4 Å². The van der Waals surface area contributed by atoms with E-state index >= 15 is 0 Å². The van der Waals surface area contributed by atoms with Gasteiger partial charge in [0.15, 0.2) is 0 Å². The van der Waals surface area contributed by atoms with Crippen LogP contribution < -0.4 is 4.74 Å². The summed E-state index contributed by atoms with van der Waals surface area (Å²) in [5.41, 5.74) is 1.36. The first kappa shape index (κ1) is 13.5. The van der Waals surface area contributed by atoms with Crippen molar-refractivity contribution in [2.45, 2.75) is 33.3 Å². The van der Waals surface area contributed by atoms with Crippen molar-refractivity contribution in [1.82, 2.24) is 0 Å². The van der Waals surface area contributed by atoms with Crippen LogP contribution in [0.3, 0.4) is 0 Å². The SMILES string of the molecule is C/C(=N/O)c1ccc(C)cc1OCC(C)(C)O. The Morgan fingerprint density at radius 2 is 2.06 bits per heavy atom. The molecule has 0 aliphatic rings. The third-order valence-electron chi connectivity index (χ3n) is 2.26. The number of aryl methyl sites for hydroxylation is 1. The van der Waals surface area contributed by atoms with Gasteiger partial charge in [-0.3, -0.25) is 0 Å². The standard InChI is InChI=1S/C13H19NO3/c1-9-5-6-11(10(2)14-16)12(7-9)17-8-13(3,4)15/h5-7,15-16H,8H2,1-4H3/b14-10-. The predicted molar refractivity (Wildman–Crippen MR) is 67.0 cm³/mol. The first-order valence-corrected chi connectivity index (χ1v) is 5.48. The first-order chi connectivity index (χ1) is 7.83. The third kappa shape index (κ3) is 4.07. The summed E-state index contributed by atoms with van der Waals surface area (Å²) in [5, 5.41) is 21.6. The van der Waals surface area contributed by atoms with Crippen molar-refractivity contribution in [1.29, 1.82) is 0 Å². The van der Waals surface area contributed by atoms with Gasteiger partial charge >= 0.3 is 0 Å². The lowest BCUT2D eigenvalue weighted by atomic mass is 10.1. The number of rotatable bonds is 4. The van der Waals surface area contributed by atoms with E-state index in [0.29, 0.717) is 11.5 Å². The van der Waals surface area contributed by atoms with Gasteiger partial charge in [-0.15, -0.1) is 0 Å². The van der Waals surface area contributed by atoms with Crippen LogP contribution in [-0.4, -0.2) is 28.2 Å². The highest BCUT2D eigenvalue weighted by Crippen LogP contribution is 2.22. The van der Waals surface area contributed by atoms with Crippen LogP contribution >= 0.6 is 0 Å². The minimum absolute atomic E-state index is 0.183. The number of aliphatic hydroxyl groups is 1. The number of ether oxygens (including phenoxy) is 1. The van der Waals surface area contributed by atoms with E-state index in [1.807, 2.05) is 25.1 Å². The Kier molecular flexibility index (Phi) is 4.12. The molecule has 0 amide bonds. The van der Waals surface area contributed by atoms with Crippen molar-refractivity contribution >= 4 is 5.71 Å². The lowest BCUT2D eigenvalue weighted by molar-refractivity contribution is 0.0284. The van der Waals surface area contributed by atoms with Gasteiger partial charge in [-0.25, -0.2) is 0 Å². The van der Waals surface area contributed by atoms with Crippen LogP contribution in [0.15, 0.2) is 23.4 Å². The molecule has 1 rings (SSSR count). The van der Waals surface area contributed by atoms with Crippen LogP contribution in [0, 0.1) is 6.92 Å². The van der Waals surface area contributed by atoms with E-state index in [0.717, 1.165) is 11.1 Å². The average molecular weight is 237 g/mol. The fourth-order valence-corrected chi connectivity index (χ4v) is 1.36. The van der Waals surface area contributed by atoms with Gasteiger partial charge in [0, 0.05) is 5.56 Å². The molecule has 0 aliphatic heterocycles. The van der Waals surface area contributed by atoms with Crippen molar-refractivity contribution < 1.29 is 15.1 Å². The van der Waals surface area contributed by atoms with Crippen LogP contribution in [0.1, 0.15) is 31.9 Å². The molecule has 0 heterocycles. The topological polar surface area (TPSA) is 62.1 Å². The summed E-state index contributed by atoms with van der Waals surface area (Å²) in [6.45, 7) is 7.18. The Bertz CT molecular complexity index is 419. The Hall–Kier alpha value is -1.55. The van der Waals surface area contributed by atoms with E-state index in [2.05, 4.69) is 5.16 Å². The normalized spacial score (nSPS) is 12.6. The molecule has 4 heteroatoms. The summed E-state index contributed by atoms with van der Waals surface area (Å²) >= 11 is 0. The molecule has 1 aromatic rings.